The van der Waals surface area contributed by atoms with E-state index in [0.29, 0.717) is 0 Å². The second-order valence-corrected chi connectivity index (χ2v) is 6.27. The van der Waals surface area contributed by atoms with Gasteiger partial charge in [0, 0.05) is 12.1 Å². The molecule has 0 radical (unpaired) electrons. The van der Waals surface area contributed by atoms with Crippen molar-refractivity contribution in [1.29, 1.82) is 0 Å². The van der Waals surface area contributed by atoms with E-state index in [4.69, 9.17) is 9.47 Å². The number of carbonyl (C=O) groups excluding carboxylic acids is 2. The van der Waals surface area contributed by atoms with E-state index in [-0.39, 0.29) is 38.6 Å². The quantitative estimate of drug-likeness (QED) is 0.151. The molecule has 34 heavy (non-hydrogen) atoms. The zero-order chi connectivity index (χ0) is 25.4. The lowest BCUT2D eigenvalue weighted by molar-refractivity contribution is -0.137. The van der Waals surface area contributed by atoms with Crippen molar-refractivity contribution >= 4 is 11.9 Å². The summed E-state index contributed by atoms with van der Waals surface area (Å²) in [4.78, 5) is 23.1. The summed E-state index contributed by atoms with van der Waals surface area (Å²) in [7, 11) is 0. The number of halogens is 8. The number of ether oxygens (including phenoxy) is 4. The lowest BCUT2D eigenvalue weighted by atomic mass is 10.3. The average molecular weight is 502 g/mol. The molecule has 0 spiro atoms. The Balaban J connectivity index is 1.63. The van der Waals surface area contributed by atoms with Crippen molar-refractivity contribution < 1.29 is 63.7 Å². The summed E-state index contributed by atoms with van der Waals surface area (Å²) in [5, 5.41) is 0. The number of hydrogen-bond donors (Lipinski definition) is 0. The summed E-state index contributed by atoms with van der Waals surface area (Å²) in [5.74, 6) is -20.1. The van der Waals surface area contributed by atoms with Gasteiger partial charge in [-0.2, -0.15) is 17.6 Å². The molecule has 14 heteroatoms. The molecule has 0 bridgehead atoms. The number of esters is 2. The van der Waals surface area contributed by atoms with Crippen LogP contribution in [0.4, 0.5) is 35.1 Å². The van der Waals surface area contributed by atoms with Gasteiger partial charge in [0.25, 0.3) is 0 Å². The zero-order valence-corrected chi connectivity index (χ0v) is 16.9. The maximum Gasteiger partial charge on any atom is 0.313 e. The van der Waals surface area contributed by atoms with Crippen molar-refractivity contribution in [3.8, 4) is 11.5 Å². The second kappa shape index (κ2) is 12.3. The first-order chi connectivity index (χ1) is 16.0. The van der Waals surface area contributed by atoms with Crippen LogP contribution in [0.15, 0.2) is 12.1 Å². The highest BCUT2D eigenvalue weighted by atomic mass is 19.2. The molecule has 0 aromatic heterocycles. The van der Waals surface area contributed by atoms with Gasteiger partial charge < -0.3 is 18.9 Å². The number of benzene rings is 2. The minimum absolute atomic E-state index is 0.0529. The highest BCUT2D eigenvalue weighted by Gasteiger charge is 2.24. The van der Waals surface area contributed by atoms with Gasteiger partial charge in [0.15, 0.2) is 23.3 Å². The summed E-state index contributed by atoms with van der Waals surface area (Å²) in [5.41, 5.74) is 0. The molecule has 0 unspecified atom stereocenters. The SMILES string of the molecule is O=C(CCOCCOCCC(=O)Oc1c(F)c(F)cc(F)c1F)Oc1c(F)c(F)cc(F)c1F. The lowest BCUT2D eigenvalue weighted by Gasteiger charge is -2.09. The molecule has 0 heterocycles. The van der Waals surface area contributed by atoms with Gasteiger partial charge in [0.2, 0.25) is 34.8 Å². The molecular weight excluding hydrogens is 488 g/mol. The van der Waals surface area contributed by atoms with Gasteiger partial charge in [0.1, 0.15) is 0 Å². The summed E-state index contributed by atoms with van der Waals surface area (Å²) < 4.78 is 124. The van der Waals surface area contributed by atoms with Gasteiger partial charge in [-0.3, -0.25) is 9.59 Å². The number of rotatable bonds is 11. The molecule has 0 atom stereocenters. The molecule has 6 nitrogen and oxygen atoms in total. The molecule has 0 aliphatic heterocycles. The highest BCUT2D eigenvalue weighted by Crippen LogP contribution is 2.27. The van der Waals surface area contributed by atoms with Crippen LogP contribution in [0.2, 0.25) is 0 Å². The third-order valence-electron chi connectivity index (χ3n) is 3.85. The Bertz CT molecular complexity index is 926. The Kier molecular flexibility index (Phi) is 9.74. The molecule has 2 aromatic carbocycles. The fourth-order valence-corrected chi connectivity index (χ4v) is 2.24. The third kappa shape index (κ3) is 7.12. The molecule has 0 saturated carbocycles. The smallest absolute Gasteiger partial charge is 0.313 e. The summed E-state index contributed by atoms with van der Waals surface area (Å²) in [6, 6.07) is -0.106. The first-order valence-electron chi connectivity index (χ1n) is 9.25. The van der Waals surface area contributed by atoms with E-state index < -0.39 is 82.8 Å². The molecule has 0 fully saturated rings. The topological polar surface area (TPSA) is 71.1 Å². The van der Waals surface area contributed by atoms with Gasteiger partial charge in [-0.25, -0.2) is 17.6 Å². The lowest BCUT2D eigenvalue weighted by Crippen LogP contribution is -2.16. The van der Waals surface area contributed by atoms with Gasteiger partial charge >= 0.3 is 11.9 Å². The molecule has 0 aliphatic rings. The standard InChI is InChI=1S/C20H14F8O6/c21-9-7-10(22)16(26)19(15(9)25)33-13(29)1-3-31-5-6-32-4-2-14(30)34-20-17(27)11(23)8-12(24)18(20)28/h7-8H,1-6H2. The Hall–Kier alpha value is -3.26. The van der Waals surface area contributed by atoms with Crippen LogP contribution in [-0.4, -0.2) is 38.4 Å². The van der Waals surface area contributed by atoms with E-state index in [1.807, 2.05) is 0 Å². The molecule has 0 saturated heterocycles. The molecule has 0 N–H and O–H groups in total. The minimum Gasteiger partial charge on any atom is -0.420 e. The summed E-state index contributed by atoms with van der Waals surface area (Å²) >= 11 is 0. The second-order valence-electron chi connectivity index (χ2n) is 6.27. The largest absolute Gasteiger partial charge is 0.420 e. The van der Waals surface area contributed by atoms with E-state index in [9.17, 15) is 44.7 Å². The summed E-state index contributed by atoms with van der Waals surface area (Å²) in [6.07, 6.45) is -1.10. The van der Waals surface area contributed by atoms with Gasteiger partial charge in [0.05, 0.1) is 39.3 Å². The van der Waals surface area contributed by atoms with Crippen molar-refractivity contribution in [2.45, 2.75) is 12.8 Å². The van der Waals surface area contributed by atoms with Crippen LogP contribution in [0.25, 0.3) is 0 Å². The molecule has 2 aromatic rings. The van der Waals surface area contributed by atoms with Crippen molar-refractivity contribution in [1.82, 2.24) is 0 Å². The molecule has 186 valence electrons. The number of carbonyl (C=O) groups is 2. The first kappa shape index (κ1) is 27.0. The van der Waals surface area contributed by atoms with Crippen molar-refractivity contribution in [3.05, 3.63) is 58.7 Å². The zero-order valence-electron chi connectivity index (χ0n) is 16.9. The number of hydrogen-bond acceptors (Lipinski definition) is 6. The monoisotopic (exact) mass is 502 g/mol. The van der Waals surface area contributed by atoms with Crippen LogP contribution in [0.5, 0.6) is 11.5 Å². The Labute approximate surface area is 186 Å². The van der Waals surface area contributed by atoms with E-state index in [0.717, 1.165) is 0 Å². The maximum absolute atomic E-state index is 13.4. The molecule has 0 amide bonds. The van der Waals surface area contributed by atoms with Crippen LogP contribution in [0.1, 0.15) is 12.8 Å². The fraction of sp³-hybridized carbons (Fsp3) is 0.300. The predicted molar refractivity (Wildman–Crippen MR) is 94.7 cm³/mol. The van der Waals surface area contributed by atoms with E-state index >= 15 is 0 Å². The predicted octanol–water partition coefficient (Wildman–Crippen LogP) is 4.12. The normalized spacial score (nSPS) is 10.9. The molecule has 2 rings (SSSR count). The van der Waals surface area contributed by atoms with Crippen LogP contribution in [0, 0.1) is 46.5 Å². The summed E-state index contributed by atoms with van der Waals surface area (Å²) in [6.45, 7) is -0.986. The van der Waals surface area contributed by atoms with Crippen molar-refractivity contribution in [2.24, 2.45) is 0 Å². The maximum atomic E-state index is 13.4. The van der Waals surface area contributed by atoms with Gasteiger partial charge in [-0.05, 0) is 0 Å². The molecule has 0 aliphatic carbocycles. The van der Waals surface area contributed by atoms with Crippen LogP contribution < -0.4 is 9.47 Å². The van der Waals surface area contributed by atoms with Crippen LogP contribution >= 0.6 is 0 Å². The van der Waals surface area contributed by atoms with Crippen molar-refractivity contribution in [2.75, 3.05) is 26.4 Å². The highest BCUT2D eigenvalue weighted by molar-refractivity contribution is 5.73. The minimum atomic E-state index is -1.88. The van der Waals surface area contributed by atoms with Crippen molar-refractivity contribution in [3.63, 3.8) is 0 Å². The Morgan fingerprint density at radius 2 is 0.824 bits per heavy atom. The fourth-order valence-electron chi connectivity index (χ4n) is 2.24. The average Bonchev–Trinajstić information content (AvgIpc) is 2.78. The van der Waals surface area contributed by atoms with E-state index in [1.54, 1.807) is 0 Å². The Morgan fingerprint density at radius 3 is 1.12 bits per heavy atom. The van der Waals surface area contributed by atoms with E-state index in [2.05, 4.69) is 9.47 Å². The van der Waals surface area contributed by atoms with E-state index in [1.165, 1.54) is 0 Å². The first-order valence-corrected chi connectivity index (χ1v) is 9.25. The Morgan fingerprint density at radius 1 is 0.529 bits per heavy atom. The third-order valence-corrected chi connectivity index (χ3v) is 3.85. The van der Waals surface area contributed by atoms with Gasteiger partial charge in [-0.15, -0.1) is 0 Å². The van der Waals surface area contributed by atoms with Crippen LogP contribution in [-0.2, 0) is 19.1 Å². The van der Waals surface area contributed by atoms with Crippen LogP contribution in [0.3, 0.4) is 0 Å². The molecular formula is C20H14F8O6. The van der Waals surface area contributed by atoms with Gasteiger partial charge in [-0.1, -0.05) is 0 Å².